The lowest BCUT2D eigenvalue weighted by atomic mass is 9.93. The van der Waals surface area contributed by atoms with Gasteiger partial charge in [-0.05, 0) is 55.5 Å². The van der Waals surface area contributed by atoms with E-state index in [9.17, 15) is 27.5 Å². The van der Waals surface area contributed by atoms with Crippen molar-refractivity contribution in [3.63, 3.8) is 0 Å². The van der Waals surface area contributed by atoms with Gasteiger partial charge in [-0.25, -0.2) is 14.2 Å². The Bertz CT molecular complexity index is 1090. The predicted molar refractivity (Wildman–Crippen MR) is 114 cm³/mol. The number of H-pyrrole nitrogens is 1. The zero-order chi connectivity index (χ0) is 23.6. The van der Waals surface area contributed by atoms with E-state index in [-0.39, 0.29) is 24.1 Å². The van der Waals surface area contributed by atoms with Gasteiger partial charge in [0.05, 0.1) is 28.7 Å². The lowest BCUT2D eigenvalue weighted by molar-refractivity contribution is -0.137. The third-order valence-corrected chi connectivity index (χ3v) is 5.88. The van der Waals surface area contributed by atoms with Crippen molar-refractivity contribution >= 4 is 17.1 Å². The molecular formula is C23H24F4N4O2. The van der Waals surface area contributed by atoms with Crippen molar-refractivity contribution in [2.45, 2.75) is 56.5 Å². The first kappa shape index (κ1) is 23.0. The minimum atomic E-state index is -4.65. The molecule has 1 saturated carbocycles. The number of nitrogens with zero attached hydrogens (tertiary/aromatic N) is 1. The summed E-state index contributed by atoms with van der Waals surface area (Å²) >= 11 is 0. The average Bonchev–Trinajstić information content (AvgIpc) is 3.20. The van der Waals surface area contributed by atoms with E-state index in [2.05, 4.69) is 20.6 Å². The van der Waals surface area contributed by atoms with Gasteiger partial charge >= 0.3 is 12.2 Å². The van der Waals surface area contributed by atoms with Crippen LogP contribution in [0.4, 0.5) is 22.4 Å². The lowest BCUT2D eigenvalue weighted by Crippen LogP contribution is -2.45. The highest BCUT2D eigenvalue weighted by Gasteiger charge is 2.32. The van der Waals surface area contributed by atoms with E-state index >= 15 is 0 Å². The molecule has 2 aromatic carbocycles. The molecule has 33 heavy (non-hydrogen) atoms. The predicted octanol–water partition coefficient (Wildman–Crippen LogP) is 4.61. The van der Waals surface area contributed by atoms with Crippen LogP contribution in [0.3, 0.4) is 0 Å². The number of hydrogen-bond acceptors (Lipinski definition) is 3. The molecule has 0 radical (unpaired) electrons. The van der Waals surface area contributed by atoms with Crippen molar-refractivity contribution < 1.29 is 27.5 Å². The fourth-order valence-electron chi connectivity index (χ4n) is 4.07. The van der Waals surface area contributed by atoms with Gasteiger partial charge in [0.25, 0.3) is 0 Å². The van der Waals surface area contributed by atoms with E-state index in [1.54, 1.807) is 18.2 Å². The number of halogens is 4. The van der Waals surface area contributed by atoms with Gasteiger partial charge in [0, 0.05) is 12.5 Å². The highest BCUT2D eigenvalue weighted by atomic mass is 19.4. The first-order valence-electron chi connectivity index (χ1n) is 10.7. The first-order chi connectivity index (χ1) is 15.7. The summed E-state index contributed by atoms with van der Waals surface area (Å²) in [6, 6.07) is 8.14. The Morgan fingerprint density at radius 2 is 1.88 bits per heavy atom. The number of benzene rings is 2. The second-order valence-electron chi connectivity index (χ2n) is 8.32. The van der Waals surface area contributed by atoms with E-state index in [4.69, 9.17) is 0 Å². The number of aliphatic hydroxyl groups excluding tert-OH is 1. The van der Waals surface area contributed by atoms with Crippen LogP contribution in [0.5, 0.6) is 0 Å². The minimum absolute atomic E-state index is 0.0227. The molecule has 0 bridgehead atoms. The summed E-state index contributed by atoms with van der Waals surface area (Å²) in [5.74, 6) is -0.640. The highest BCUT2D eigenvalue weighted by Crippen LogP contribution is 2.31. The minimum Gasteiger partial charge on any atom is -0.393 e. The number of para-hydroxylation sites is 2. The number of hydrogen-bond donors (Lipinski definition) is 4. The Hall–Kier alpha value is -3.14. The third-order valence-electron chi connectivity index (χ3n) is 5.88. The van der Waals surface area contributed by atoms with E-state index in [1.165, 1.54) is 0 Å². The fraction of sp³-hybridized carbons (Fsp3) is 0.391. The average molecular weight is 464 g/mol. The number of rotatable bonds is 5. The Morgan fingerprint density at radius 3 is 2.55 bits per heavy atom. The molecule has 1 aliphatic rings. The number of aliphatic hydroxyl groups is 1. The van der Waals surface area contributed by atoms with Crippen molar-refractivity contribution in [3.8, 4) is 0 Å². The number of carbonyl (C=O) groups is 1. The molecule has 1 atom stereocenters. The second kappa shape index (κ2) is 9.38. The molecule has 1 aromatic heterocycles. The molecule has 0 saturated heterocycles. The molecule has 6 nitrogen and oxygen atoms in total. The van der Waals surface area contributed by atoms with Crippen LogP contribution in [0.25, 0.3) is 11.0 Å². The van der Waals surface area contributed by atoms with Crippen molar-refractivity contribution in [2.24, 2.45) is 0 Å². The lowest BCUT2D eigenvalue weighted by Gasteiger charge is -2.27. The molecule has 10 heteroatoms. The van der Waals surface area contributed by atoms with Crippen LogP contribution in [0.15, 0.2) is 42.5 Å². The third kappa shape index (κ3) is 5.62. The Morgan fingerprint density at radius 1 is 1.15 bits per heavy atom. The van der Waals surface area contributed by atoms with Gasteiger partial charge in [-0.3, -0.25) is 0 Å². The SMILES string of the molecule is O=C(NC1CCC(O)CC1)NC(Cc1ccc(C(F)(F)F)cc1F)c1nc2ccccc2[nH]1. The standard InChI is InChI=1S/C23H24F4N4O2/c24-17-12-14(23(25,26)27)6-5-13(17)11-20(21-29-18-3-1-2-4-19(18)30-21)31-22(33)28-15-7-9-16(32)10-8-15/h1-6,12,15-16,20,32H,7-11H2,(H,29,30)(H2,28,31,33). The van der Waals surface area contributed by atoms with Gasteiger partial charge in [0.1, 0.15) is 11.6 Å². The quantitative estimate of drug-likeness (QED) is 0.416. The van der Waals surface area contributed by atoms with E-state index in [0.717, 1.165) is 12.1 Å². The zero-order valence-corrected chi connectivity index (χ0v) is 17.6. The number of alkyl halides is 3. The van der Waals surface area contributed by atoms with Gasteiger partial charge in [-0.1, -0.05) is 18.2 Å². The summed E-state index contributed by atoms with van der Waals surface area (Å²) in [5.41, 5.74) is 0.312. The smallest absolute Gasteiger partial charge is 0.393 e. The number of aromatic amines is 1. The van der Waals surface area contributed by atoms with Crippen LogP contribution >= 0.6 is 0 Å². The Kier molecular flexibility index (Phi) is 6.55. The van der Waals surface area contributed by atoms with Crippen LogP contribution < -0.4 is 10.6 Å². The topological polar surface area (TPSA) is 90.0 Å². The molecular weight excluding hydrogens is 440 g/mol. The maximum Gasteiger partial charge on any atom is 0.416 e. The van der Waals surface area contributed by atoms with Gasteiger partial charge < -0.3 is 20.7 Å². The normalized spacial score (nSPS) is 19.9. The Balaban J connectivity index is 1.56. The number of imidazole rings is 1. The molecule has 1 aliphatic carbocycles. The number of nitrogens with one attached hydrogen (secondary N) is 3. The number of aromatic nitrogens is 2. The van der Waals surface area contributed by atoms with E-state index < -0.39 is 29.6 Å². The van der Waals surface area contributed by atoms with Gasteiger partial charge in [0.2, 0.25) is 0 Å². The number of carbonyl (C=O) groups excluding carboxylic acids is 1. The van der Waals surface area contributed by atoms with Crippen molar-refractivity contribution in [1.29, 1.82) is 0 Å². The summed E-state index contributed by atoms with van der Waals surface area (Å²) in [5, 5.41) is 15.3. The maximum absolute atomic E-state index is 14.5. The summed E-state index contributed by atoms with van der Waals surface area (Å²) in [7, 11) is 0. The van der Waals surface area contributed by atoms with Crippen LogP contribution in [0.1, 0.15) is 48.7 Å². The maximum atomic E-state index is 14.5. The number of amides is 2. The molecule has 4 rings (SSSR count). The molecule has 3 aromatic rings. The van der Waals surface area contributed by atoms with Crippen molar-refractivity contribution in [1.82, 2.24) is 20.6 Å². The molecule has 1 fully saturated rings. The van der Waals surface area contributed by atoms with Crippen LogP contribution in [0.2, 0.25) is 0 Å². The van der Waals surface area contributed by atoms with Gasteiger partial charge in [0.15, 0.2) is 0 Å². The van der Waals surface area contributed by atoms with Crippen LogP contribution in [0, 0.1) is 5.82 Å². The zero-order valence-electron chi connectivity index (χ0n) is 17.6. The highest BCUT2D eigenvalue weighted by molar-refractivity contribution is 5.76. The second-order valence-corrected chi connectivity index (χ2v) is 8.32. The van der Waals surface area contributed by atoms with Crippen LogP contribution in [-0.2, 0) is 12.6 Å². The molecule has 2 amide bonds. The van der Waals surface area contributed by atoms with E-state index in [1.807, 2.05) is 6.07 Å². The monoisotopic (exact) mass is 464 g/mol. The Labute approximate surface area is 187 Å². The summed E-state index contributed by atoms with van der Waals surface area (Å²) < 4.78 is 53.2. The van der Waals surface area contributed by atoms with Crippen molar-refractivity contribution in [2.75, 3.05) is 0 Å². The fourth-order valence-corrected chi connectivity index (χ4v) is 4.07. The molecule has 0 spiro atoms. The first-order valence-corrected chi connectivity index (χ1v) is 10.7. The van der Waals surface area contributed by atoms with E-state index in [0.29, 0.717) is 48.6 Å². The van der Waals surface area contributed by atoms with Gasteiger partial charge in [-0.2, -0.15) is 13.2 Å². The summed E-state index contributed by atoms with van der Waals surface area (Å²) in [6.45, 7) is 0. The number of fused-ring (bicyclic) bond motifs is 1. The molecule has 0 aliphatic heterocycles. The molecule has 176 valence electrons. The molecule has 1 unspecified atom stereocenters. The number of urea groups is 1. The largest absolute Gasteiger partial charge is 0.416 e. The summed E-state index contributed by atoms with van der Waals surface area (Å²) in [6.07, 6.45) is -2.65. The van der Waals surface area contributed by atoms with Crippen LogP contribution in [-0.4, -0.2) is 33.3 Å². The van der Waals surface area contributed by atoms with Crippen molar-refractivity contribution in [3.05, 3.63) is 65.2 Å². The molecule has 4 N–H and O–H groups in total. The molecule has 1 heterocycles. The van der Waals surface area contributed by atoms with Gasteiger partial charge in [-0.15, -0.1) is 0 Å². The summed E-state index contributed by atoms with van der Waals surface area (Å²) in [4.78, 5) is 20.3.